The molecule has 1 aromatic carbocycles. The van der Waals surface area contributed by atoms with E-state index >= 15 is 0 Å². The second-order valence-corrected chi connectivity index (χ2v) is 8.00. The van der Waals surface area contributed by atoms with Crippen molar-refractivity contribution in [2.45, 2.75) is 4.90 Å². The minimum absolute atomic E-state index is 0.328. The van der Waals surface area contributed by atoms with Gasteiger partial charge >= 0.3 is 0 Å². The molecule has 2 heterocycles. The molecular formula is C14H11NO2S3. The predicted octanol–water partition coefficient (Wildman–Crippen LogP) is 3.94. The lowest BCUT2D eigenvalue weighted by Crippen LogP contribution is -1.96. The van der Waals surface area contributed by atoms with Gasteiger partial charge in [-0.2, -0.15) is 11.3 Å². The highest BCUT2D eigenvalue weighted by Crippen LogP contribution is 2.30. The standard InChI is InChI=1S/C14H11NO2S3/c1-20(16,17)12-4-2-10(3-5-12)13-9-19-14(15-13)11-6-7-18-8-11/h2-9H,1H3. The molecule has 0 radical (unpaired) electrons. The first-order valence-electron chi connectivity index (χ1n) is 5.82. The second-order valence-electron chi connectivity index (χ2n) is 4.35. The Kier molecular flexibility index (Phi) is 3.45. The lowest BCUT2D eigenvalue weighted by atomic mass is 10.2. The van der Waals surface area contributed by atoms with Crippen LogP contribution in [-0.4, -0.2) is 19.7 Å². The summed E-state index contributed by atoms with van der Waals surface area (Å²) >= 11 is 3.23. The Morgan fingerprint density at radius 2 is 1.75 bits per heavy atom. The van der Waals surface area contributed by atoms with Gasteiger partial charge in [0.2, 0.25) is 0 Å². The van der Waals surface area contributed by atoms with Gasteiger partial charge < -0.3 is 0 Å². The number of rotatable bonds is 3. The molecule has 102 valence electrons. The molecule has 0 amide bonds. The van der Waals surface area contributed by atoms with Crippen molar-refractivity contribution < 1.29 is 8.42 Å². The number of hydrogen-bond donors (Lipinski definition) is 0. The van der Waals surface area contributed by atoms with E-state index in [0.29, 0.717) is 4.90 Å². The molecule has 0 N–H and O–H groups in total. The quantitative estimate of drug-likeness (QED) is 0.734. The molecule has 0 spiro atoms. The van der Waals surface area contributed by atoms with E-state index < -0.39 is 9.84 Å². The average Bonchev–Trinajstić information content (AvgIpc) is 3.09. The van der Waals surface area contributed by atoms with Crippen LogP contribution in [0.4, 0.5) is 0 Å². The maximum absolute atomic E-state index is 11.4. The number of thiazole rings is 1. The van der Waals surface area contributed by atoms with Crippen LogP contribution >= 0.6 is 22.7 Å². The van der Waals surface area contributed by atoms with Gasteiger partial charge in [0, 0.05) is 28.1 Å². The highest BCUT2D eigenvalue weighted by molar-refractivity contribution is 7.90. The van der Waals surface area contributed by atoms with Gasteiger partial charge in [0.05, 0.1) is 10.6 Å². The molecule has 0 atom stereocenters. The molecule has 0 fully saturated rings. The van der Waals surface area contributed by atoms with Gasteiger partial charge in [-0.15, -0.1) is 11.3 Å². The molecule has 3 nitrogen and oxygen atoms in total. The van der Waals surface area contributed by atoms with Crippen molar-refractivity contribution in [1.29, 1.82) is 0 Å². The summed E-state index contributed by atoms with van der Waals surface area (Å²) in [6.07, 6.45) is 1.21. The van der Waals surface area contributed by atoms with Crippen molar-refractivity contribution in [2.24, 2.45) is 0 Å². The normalized spacial score (nSPS) is 11.7. The lowest BCUT2D eigenvalue weighted by molar-refractivity contribution is 0.602. The number of benzene rings is 1. The summed E-state index contributed by atoms with van der Waals surface area (Å²) in [6.45, 7) is 0. The summed E-state index contributed by atoms with van der Waals surface area (Å²) < 4.78 is 22.9. The number of nitrogens with zero attached hydrogens (tertiary/aromatic N) is 1. The van der Waals surface area contributed by atoms with E-state index in [0.717, 1.165) is 21.8 Å². The van der Waals surface area contributed by atoms with E-state index in [1.54, 1.807) is 46.9 Å². The van der Waals surface area contributed by atoms with E-state index in [-0.39, 0.29) is 0 Å². The van der Waals surface area contributed by atoms with Crippen LogP contribution in [0.25, 0.3) is 21.8 Å². The highest BCUT2D eigenvalue weighted by atomic mass is 32.2. The SMILES string of the molecule is CS(=O)(=O)c1ccc(-c2csc(-c3ccsc3)n2)cc1. The number of thiophene rings is 1. The Morgan fingerprint density at radius 3 is 2.35 bits per heavy atom. The molecule has 0 aliphatic rings. The first kappa shape index (κ1) is 13.5. The van der Waals surface area contributed by atoms with Crippen LogP contribution < -0.4 is 0 Å². The van der Waals surface area contributed by atoms with Crippen molar-refractivity contribution in [2.75, 3.05) is 6.26 Å². The van der Waals surface area contributed by atoms with Crippen molar-refractivity contribution in [3.8, 4) is 21.8 Å². The summed E-state index contributed by atoms with van der Waals surface area (Å²) in [5, 5.41) is 7.06. The van der Waals surface area contributed by atoms with Gasteiger partial charge in [-0.1, -0.05) is 12.1 Å². The van der Waals surface area contributed by atoms with Gasteiger partial charge in [-0.25, -0.2) is 13.4 Å². The Morgan fingerprint density at radius 1 is 1.00 bits per heavy atom. The smallest absolute Gasteiger partial charge is 0.175 e. The third-order valence-electron chi connectivity index (χ3n) is 2.85. The summed E-state index contributed by atoms with van der Waals surface area (Å²) in [4.78, 5) is 4.92. The molecule has 0 bridgehead atoms. The molecular weight excluding hydrogens is 310 g/mol. The number of aromatic nitrogens is 1. The monoisotopic (exact) mass is 321 g/mol. The molecule has 0 unspecified atom stereocenters. The van der Waals surface area contributed by atoms with Crippen molar-refractivity contribution in [3.63, 3.8) is 0 Å². The largest absolute Gasteiger partial charge is 0.236 e. The zero-order valence-corrected chi connectivity index (χ0v) is 13.1. The molecule has 2 aromatic heterocycles. The van der Waals surface area contributed by atoms with Crippen LogP contribution in [-0.2, 0) is 9.84 Å². The Labute approximate surface area is 125 Å². The van der Waals surface area contributed by atoms with Crippen LogP contribution in [0.2, 0.25) is 0 Å². The third kappa shape index (κ3) is 2.67. The fourth-order valence-corrected chi connectivity index (χ4v) is 3.97. The maximum Gasteiger partial charge on any atom is 0.175 e. The minimum atomic E-state index is -3.15. The third-order valence-corrected chi connectivity index (χ3v) is 5.55. The predicted molar refractivity (Wildman–Crippen MR) is 84.0 cm³/mol. The van der Waals surface area contributed by atoms with Crippen LogP contribution in [0.15, 0.2) is 51.4 Å². The van der Waals surface area contributed by atoms with Gasteiger partial charge in [0.15, 0.2) is 9.84 Å². The van der Waals surface area contributed by atoms with Crippen molar-refractivity contribution in [3.05, 3.63) is 46.5 Å². The van der Waals surface area contributed by atoms with E-state index in [2.05, 4.69) is 10.4 Å². The summed E-state index contributed by atoms with van der Waals surface area (Å²) in [6, 6.07) is 8.87. The molecule has 0 aliphatic heterocycles. The van der Waals surface area contributed by atoms with E-state index in [4.69, 9.17) is 0 Å². The van der Waals surface area contributed by atoms with E-state index in [9.17, 15) is 8.42 Å². The Hall–Kier alpha value is -1.50. The number of sulfone groups is 1. The molecule has 0 aliphatic carbocycles. The molecule has 20 heavy (non-hydrogen) atoms. The molecule has 0 saturated heterocycles. The lowest BCUT2D eigenvalue weighted by Gasteiger charge is -2.00. The summed E-state index contributed by atoms with van der Waals surface area (Å²) in [5.41, 5.74) is 2.92. The summed E-state index contributed by atoms with van der Waals surface area (Å²) in [5.74, 6) is 0. The molecule has 3 aromatic rings. The molecule has 3 rings (SSSR count). The van der Waals surface area contributed by atoms with E-state index in [1.807, 2.05) is 16.8 Å². The zero-order valence-electron chi connectivity index (χ0n) is 10.6. The first-order chi connectivity index (χ1) is 9.54. The van der Waals surface area contributed by atoms with Gasteiger partial charge in [-0.05, 0) is 23.6 Å². The van der Waals surface area contributed by atoms with Crippen molar-refractivity contribution >= 4 is 32.5 Å². The fraction of sp³-hybridized carbons (Fsp3) is 0.0714. The van der Waals surface area contributed by atoms with E-state index in [1.165, 1.54) is 6.26 Å². The topological polar surface area (TPSA) is 47.0 Å². The Bertz CT molecular complexity index is 816. The second kappa shape index (κ2) is 5.12. The van der Waals surface area contributed by atoms with Gasteiger partial charge in [-0.3, -0.25) is 0 Å². The molecule has 6 heteroatoms. The van der Waals surface area contributed by atoms with Crippen LogP contribution in [0.5, 0.6) is 0 Å². The minimum Gasteiger partial charge on any atom is -0.236 e. The summed E-state index contributed by atoms with van der Waals surface area (Å²) in [7, 11) is -3.15. The molecule has 0 saturated carbocycles. The maximum atomic E-state index is 11.4. The first-order valence-corrected chi connectivity index (χ1v) is 9.54. The van der Waals surface area contributed by atoms with Gasteiger partial charge in [0.25, 0.3) is 0 Å². The van der Waals surface area contributed by atoms with Crippen molar-refractivity contribution in [1.82, 2.24) is 4.98 Å². The average molecular weight is 321 g/mol. The Balaban J connectivity index is 1.94. The fourth-order valence-electron chi connectivity index (χ4n) is 1.80. The number of hydrogen-bond acceptors (Lipinski definition) is 5. The van der Waals surface area contributed by atoms with Crippen LogP contribution in [0.1, 0.15) is 0 Å². The van der Waals surface area contributed by atoms with Crippen LogP contribution in [0.3, 0.4) is 0 Å². The van der Waals surface area contributed by atoms with Gasteiger partial charge in [0.1, 0.15) is 5.01 Å². The zero-order chi connectivity index (χ0) is 14.2. The van der Waals surface area contributed by atoms with Crippen LogP contribution in [0, 0.1) is 0 Å². The highest BCUT2D eigenvalue weighted by Gasteiger charge is 2.09.